The summed E-state index contributed by atoms with van der Waals surface area (Å²) < 4.78 is 5.41. The number of imidazole rings is 1. The van der Waals surface area contributed by atoms with Crippen molar-refractivity contribution in [3.63, 3.8) is 0 Å². The first-order valence-corrected chi connectivity index (χ1v) is 7.11. The van der Waals surface area contributed by atoms with Crippen LogP contribution in [0.15, 0.2) is 30.9 Å². The monoisotopic (exact) mass is 297 g/mol. The van der Waals surface area contributed by atoms with Gasteiger partial charge in [-0.2, -0.15) is 9.97 Å². The van der Waals surface area contributed by atoms with Gasteiger partial charge in [-0.25, -0.2) is 4.98 Å². The summed E-state index contributed by atoms with van der Waals surface area (Å²) in [5.41, 5.74) is 2.33. The van der Waals surface area contributed by atoms with Gasteiger partial charge in [0.1, 0.15) is 5.52 Å². The molecule has 1 aliphatic rings. The van der Waals surface area contributed by atoms with Gasteiger partial charge in [0.15, 0.2) is 11.5 Å². The normalized spacial score (nSPS) is 15.2. The molecule has 2 N–H and O–H groups in total. The number of aromatic nitrogens is 5. The van der Waals surface area contributed by atoms with Crippen LogP contribution in [0.4, 0.5) is 17.5 Å². The number of morpholine rings is 1. The van der Waals surface area contributed by atoms with Crippen molar-refractivity contribution < 1.29 is 4.74 Å². The molecule has 4 rings (SSSR count). The maximum Gasteiger partial charge on any atom is 0.231 e. The highest BCUT2D eigenvalue weighted by molar-refractivity contribution is 5.84. The van der Waals surface area contributed by atoms with Gasteiger partial charge in [-0.05, 0) is 12.1 Å². The third-order valence-corrected chi connectivity index (χ3v) is 3.49. The highest BCUT2D eigenvalue weighted by Crippen LogP contribution is 2.24. The summed E-state index contributed by atoms with van der Waals surface area (Å²) >= 11 is 0. The van der Waals surface area contributed by atoms with Gasteiger partial charge >= 0.3 is 0 Å². The highest BCUT2D eigenvalue weighted by atomic mass is 16.5. The van der Waals surface area contributed by atoms with Crippen LogP contribution in [0.3, 0.4) is 0 Å². The molecule has 0 spiro atoms. The third-order valence-electron chi connectivity index (χ3n) is 3.49. The van der Waals surface area contributed by atoms with E-state index in [1.165, 1.54) is 0 Å². The molecule has 0 amide bonds. The number of nitrogens with zero attached hydrogens (tertiary/aromatic N) is 5. The molecule has 3 aromatic heterocycles. The summed E-state index contributed by atoms with van der Waals surface area (Å²) in [6.07, 6.45) is 5.09. The topological polar surface area (TPSA) is 91.8 Å². The van der Waals surface area contributed by atoms with Crippen molar-refractivity contribution in [1.29, 1.82) is 0 Å². The van der Waals surface area contributed by atoms with Crippen LogP contribution in [0.25, 0.3) is 11.2 Å². The van der Waals surface area contributed by atoms with E-state index < -0.39 is 0 Å². The summed E-state index contributed by atoms with van der Waals surface area (Å²) in [7, 11) is 0. The zero-order chi connectivity index (χ0) is 14.8. The predicted molar refractivity (Wildman–Crippen MR) is 82.2 cm³/mol. The molecule has 0 unspecified atom stereocenters. The summed E-state index contributed by atoms with van der Waals surface area (Å²) in [5.74, 6) is 1.35. The first-order chi connectivity index (χ1) is 10.9. The fourth-order valence-corrected chi connectivity index (χ4v) is 2.44. The zero-order valence-electron chi connectivity index (χ0n) is 11.9. The number of hydrogen-bond acceptors (Lipinski definition) is 7. The number of fused-ring (bicyclic) bond motifs is 1. The minimum absolute atomic E-state index is 0.508. The van der Waals surface area contributed by atoms with Crippen LogP contribution >= 0.6 is 0 Å². The zero-order valence-corrected chi connectivity index (χ0v) is 11.9. The van der Waals surface area contributed by atoms with E-state index in [1.807, 2.05) is 12.1 Å². The predicted octanol–water partition coefficient (Wildman–Crippen LogP) is 1.33. The minimum atomic E-state index is 0.508. The first-order valence-electron chi connectivity index (χ1n) is 7.11. The first kappa shape index (κ1) is 13.0. The molecule has 112 valence electrons. The molecule has 8 heteroatoms. The Hall–Kier alpha value is -2.74. The Morgan fingerprint density at radius 2 is 2.14 bits per heavy atom. The lowest BCUT2D eigenvalue weighted by atomic mass is 10.3. The van der Waals surface area contributed by atoms with E-state index in [4.69, 9.17) is 4.74 Å². The van der Waals surface area contributed by atoms with Crippen LogP contribution in [-0.4, -0.2) is 51.2 Å². The van der Waals surface area contributed by atoms with Gasteiger partial charge in [-0.3, -0.25) is 4.98 Å². The number of nitrogens with one attached hydrogen (secondary N) is 2. The second-order valence-corrected chi connectivity index (χ2v) is 4.94. The Morgan fingerprint density at radius 3 is 2.95 bits per heavy atom. The molecular formula is C14H15N7O. The van der Waals surface area contributed by atoms with Gasteiger partial charge in [0, 0.05) is 19.3 Å². The maximum atomic E-state index is 5.41. The van der Waals surface area contributed by atoms with Gasteiger partial charge in [-0.1, -0.05) is 0 Å². The van der Waals surface area contributed by atoms with Crippen molar-refractivity contribution in [2.75, 3.05) is 36.5 Å². The number of hydrogen-bond donors (Lipinski definition) is 2. The maximum absolute atomic E-state index is 5.41. The smallest absolute Gasteiger partial charge is 0.231 e. The van der Waals surface area contributed by atoms with Crippen LogP contribution < -0.4 is 10.2 Å². The Bertz CT molecular complexity index is 767. The molecule has 0 radical (unpaired) electrons. The van der Waals surface area contributed by atoms with Crippen LogP contribution in [0, 0.1) is 0 Å². The van der Waals surface area contributed by atoms with E-state index >= 15 is 0 Å². The lowest BCUT2D eigenvalue weighted by molar-refractivity contribution is 0.122. The van der Waals surface area contributed by atoms with Gasteiger partial charge in [0.2, 0.25) is 5.95 Å². The molecule has 22 heavy (non-hydrogen) atoms. The van der Waals surface area contributed by atoms with Crippen LogP contribution in [-0.2, 0) is 4.74 Å². The second-order valence-electron chi connectivity index (χ2n) is 4.94. The third kappa shape index (κ3) is 2.44. The summed E-state index contributed by atoms with van der Waals surface area (Å²) in [6.45, 7) is 3.00. The lowest BCUT2D eigenvalue weighted by Crippen LogP contribution is -2.37. The van der Waals surface area contributed by atoms with Gasteiger partial charge < -0.3 is 19.9 Å². The van der Waals surface area contributed by atoms with Crippen LogP contribution in [0.2, 0.25) is 0 Å². The molecule has 1 fully saturated rings. The summed E-state index contributed by atoms with van der Waals surface area (Å²) in [6, 6.07) is 3.78. The quantitative estimate of drug-likeness (QED) is 0.753. The number of pyridine rings is 1. The van der Waals surface area contributed by atoms with E-state index in [0.717, 1.165) is 30.1 Å². The van der Waals surface area contributed by atoms with Crippen molar-refractivity contribution in [3.05, 3.63) is 30.9 Å². The average Bonchev–Trinajstić information content (AvgIpc) is 3.04. The molecule has 8 nitrogen and oxygen atoms in total. The number of anilines is 3. The van der Waals surface area contributed by atoms with E-state index in [-0.39, 0.29) is 0 Å². The summed E-state index contributed by atoms with van der Waals surface area (Å²) in [5, 5.41) is 3.17. The van der Waals surface area contributed by atoms with Crippen molar-refractivity contribution in [2.24, 2.45) is 0 Å². The van der Waals surface area contributed by atoms with E-state index in [9.17, 15) is 0 Å². The largest absolute Gasteiger partial charge is 0.378 e. The molecule has 0 bridgehead atoms. The molecule has 0 atom stereocenters. The fourth-order valence-electron chi connectivity index (χ4n) is 2.44. The van der Waals surface area contributed by atoms with Crippen LogP contribution in [0.1, 0.15) is 0 Å². The number of H-pyrrole nitrogens is 1. The van der Waals surface area contributed by atoms with Gasteiger partial charge in [0.25, 0.3) is 0 Å². The van der Waals surface area contributed by atoms with E-state index in [1.54, 1.807) is 18.7 Å². The van der Waals surface area contributed by atoms with Crippen molar-refractivity contribution in [1.82, 2.24) is 24.9 Å². The molecule has 0 saturated carbocycles. The molecule has 1 saturated heterocycles. The average molecular weight is 297 g/mol. The van der Waals surface area contributed by atoms with Crippen molar-refractivity contribution in [3.8, 4) is 0 Å². The highest BCUT2D eigenvalue weighted by Gasteiger charge is 2.18. The second kappa shape index (κ2) is 5.57. The SMILES string of the molecule is c1cncc(Nc2nc(N3CCOCC3)c3[nH]cnc3n2)c1. The van der Waals surface area contributed by atoms with Crippen molar-refractivity contribution >= 4 is 28.6 Å². The molecule has 3 aromatic rings. The minimum Gasteiger partial charge on any atom is -0.378 e. The number of rotatable bonds is 3. The van der Waals surface area contributed by atoms with Crippen molar-refractivity contribution in [2.45, 2.75) is 0 Å². The number of ether oxygens (including phenoxy) is 1. The van der Waals surface area contributed by atoms with Crippen LogP contribution in [0.5, 0.6) is 0 Å². The Balaban J connectivity index is 1.73. The Morgan fingerprint density at radius 1 is 1.23 bits per heavy atom. The lowest BCUT2D eigenvalue weighted by Gasteiger charge is -2.28. The van der Waals surface area contributed by atoms with E-state index in [0.29, 0.717) is 24.8 Å². The Labute approximate surface area is 126 Å². The van der Waals surface area contributed by atoms with Gasteiger partial charge in [-0.15, -0.1) is 0 Å². The van der Waals surface area contributed by atoms with E-state index in [2.05, 4.69) is 35.1 Å². The molecule has 0 aliphatic carbocycles. The standard InChI is InChI=1S/C14H15N7O/c1-2-10(8-15-3-1)18-14-19-12-11(16-9-17-12)13(20-14)21-4-6-22-7-5-21/h1-3,8-9H,4-7H2,(H2,16,17,18,19,20). The molecule has 0 aromatic carbocycles. The summed E-state index contributed by atoms with van der Waals surface area (Å²) in [4.78, 5) is 22.7. The fraction of sp³-hybridized carbons (Fsp3) is 0.286. The van der Waals surface area contributed by atoms with Gasteiger partial charge in [0.05, 0.1) is 31.4 Å². The Kier molecular flexibility index (Phi) is 3.28. The molecule has 1 aliphatic heterocycles. The molecular weight excluding hydrogens is 282 g/mol. The molecule has 4 heterocycles. The number of aromatic amines is 1.